The van der Waals surface area contributed by atoms with E-state index in [1.807, 2.05) is 0 Å². The minimum Gasteiger partial charge on any atom is -0.481 e. The second kappa shape index (κ2) is 23.7. The summed E-state index contributed by atoms with van der Waals surface area (Å²) in [4.78, 5) is 12.3. The van der Waals surface area contributed by atoms with Crippen LogP contribution in [-0.4, -0.2) is 145 Å². The lowest BCUT2D eigenvalue weighted by molar-refractivity contribution is -0.137. The molecule has 0 aliphatic carbocycles. The fourth-order valence-electron chi connectivity index (χ4n) is 2.63. The van der Waals surface area contributed by atoms with Gasteiger partial charge in [-0.25, -0.2) is 0 Å². The smallest absolute Gasteiger partial charge is 0.394 e. The van der Waals surface area contributed by atoms with Crippen molar-refractivity contribution in [2.45, 2.75) is 6.42 Å². The van der Waals surface area contributed by atoms with Gasteiger partial charge in [-0.3, -0.25) is 18.8 Å². The Morgan fingerprint density at radius 1 is 0.676 bits per heavy atom. The van der Waals surface area contributed by atoms with Crippen molar-refractivity contribution < 1.29 is 46.4 Å². The minimum atomic E-state index is -4.67. The van der Waals surface area contributed by atoms with Crippen LogP contribution in [0.2, 0.25) is 0 Å². The standard InChI is InChI=1S/C7H13NO3.3C4H9NO.H2O4S/c9-7(10)1-2-8-3-5-11-6-4-8;3*1-3-6-4-2-5-1;1-5(2,3)4/h1-6H2,(H,9,10);3*5H,1-4H2;(H2,1,2,3,4). The van der Waals surface area contributed by atoms with Crippen LogP contribution in [0.5, 0.6) is 0 Å². The zero-order valence-corrected chi connectivity index (χ0v) is 20.6. The van der Waals surface area contributed by atoms with Gasteiger partial charge in [0.25, 0.3) is 0 Å². The molecule has 14 nitrogen and oxygen atoms in total. The van der Waals surface area contributed by atoms with E-state index >= 15 is 0 Å². The Balaban J connectivity index is 0.000000415. The molecular formula is C19H42N4O10S. The predicted molar refractivity (Wildman–Crippen MR) is 125 cm³/mol. The molecule has 0 aromatic carbocycles. The van der Waals surface area contributed by atoms with E-state index in [1.165, 1.54) is 0 Å². The molecule has 4 rings (SSSR count). The SMILES string of the molecule is C1COCCN1.C1COCCN1.C1COCCN1.O=C(O)CCN1CCOCC1.O=S(=O)(O)O. The Labute approximate surface area is 202 Å². The number of hydrogen-bond donors (Lipinski definition) is 6. The van der Waals surface area contributed by atoms with Crippen LogP contribution in [0.1, 0.15) is 6.42 Å². The van der Waals surface area contributed by atoms with Crippen LogP contribution in [-0.2, 0) is 34.1 Å². The first kappa shape index (κ1) is 33.0. The number of nitrogens with one attached hydrogen (secondary N) is 3. The number of rotatable bonds is 3. The molecule has 204 valence electrons. The fraction of sp³-hybridized carbons (Fsp3) is 0.947. The maximum atomic E-state index is 10.2. The number of ether oxygens (including phenoxy) is 4. The number of aliphatic carboxylic acids is 1. The third-order valence-electron chi connectivity index (χ3n) is 4.28. The molecule has 4 saturated heterocycles. The highest BCUT2D eigenvalue weighted by Crippen LogP contribution is 1.97. The molecule has 0 radical (unpaired) electrons. The van der Waals surface area contributed by atoms with E-state index < -0.39 is 16.4 Å². The van der Waals surface area contributed by atoms with Crippen LogP contribution in [0.3, 0.4) is 0 Å². The number of nitrogens with zero attached hydrogens (tertiary/aromatic N) is 1. The van der Waals surface area contributed by atoms with Crippen molar-refractivity contribution in [2.24, 2.45) is 0 Å². The monoisotopic (exact) mass is 518 g/mol. The normalized spacial score (nSPS) is 20.9. The van der Waals surface area contributed by atoms with E-state index in [1.54, 1.807) is 0 Å². The lowest BCUT2D eigenvalue weighted by Crippen LogP contribution is -2.37. The summed E-state index contributed by atoms with van der Waals surface area (Å²) in [5.41, 5.74) is 0. The molecule has 4 aliphatic rings. The molecule has 0 amide bonds. The molecule has 34 heavy (non-hydrogen) atoms. The summed E-state index contributed by atoms with van der Waals surface area (Å²) in [7, 11) is -4.67. The molecule has 0 bridgehead atoms. The number of hydrogen-bond acceptors (Lipinski definition) is 11. The number of carboxylic acids is 1. The van der Waals surface area contributed by atoms with Crippen LogP contribution >= 0.6 is 0 Å². The third kappa shape index (κ3) is 31.0. The first-order valence-electron chi connectivity index (χ1n) is 11.4. The van der Waals surface area contributed by atoms with E-state index in [0.29, 0.717) is 6.54 Å². The summed E-state index contributed by atoms with van der Waals surface area (Å²) in [5, 5.41) is 17.9. The Morgan fingerprint density at radius 3 is 1.18 bits per heavy atom. The van der Waals surface area contributed by atoms with E-state index in [-0.39, 0.29) is 6.42 Å². The Morgan fingerprint density at radius 2 is 0.971 bits per heavy atom. The number of carbonyl (C=O) groups is 1. The fourth-order valence-corrected chi connectivity index (χ4v) is 2.63. The van der Waals surface area contributed by atoms with Crippen molar-refractivity contribution in [3.05, 3.63) is 0 Å². The summed E-state index contributed by atoms with van der Waals surface area (Å²) < 4.78 is 51.7. The number of morpholine rings is 4. The molecule has 0 aromatic rings. The van der Waals surface area contributed by atoms with Gasteiger partial charge in [0.15, 0.2) is 0 Å². The molecule has 0 saturated carbocycles. The first-order valence-corrected chi connectivity index (χ1v) is 12.8. The van der Waals surface area contributed by atoms with E-state index in [9.17, 15) is 4.79 Å². The topological polar surface area (TPSA) is 188 Å². The quantitative estimate of drug-likeness (QED) is 0.224. The summed E-state index contributed by atoms with van der Waals surface area (Å²) in [5.74, 6) is -0.725. The van der Waals surface area contributed by atoms with Crippen molar-refractivity contribution in [1.82, 2.24) is 20.9 Å². The zero-order valence-electron chi connectivity index (χ0n) is 19.8. The van der Waals surface area contributed by atoms with Crippen LogP contribution in [0, 0.1) is 0 Å². The van der Waals surface area contributed by atoms with E-state index in [2.05, 4.69) is 20.9 Å². The lowest BCUT2D eigenvalue weighted by atomic mass is 10.3. The molecular weight excluding hydrogens is 476 g/mol. The van der Waals surface area contributed by atoms with Gasteiger partial charge in [-0.2, -0.15) is 8.42 Å². The van der Waals surface area contributed by atoms with Gasteiger partial charge in [-0.15, -0.1) is 0 Å². The molecule has 15 heteroatoms. The molecule has 0 atom stereocenters. The van der Waals surface area contributed by atoms with Gasteiger partial charge in [-0.1, -0.05) is 0 Å². The molecule has 4 aliphatic heterocycles. The van der Waals surface area contributed by atoms with Crippen LogP contribution in [0.25, 0.3) is 0 Å². The van der Waals surface area contributed by atoms with E-state index in [0.717, 1.165) is 105 Å². The van der Waals surface area contributed by atoms with Crippen LogP contribution in [0.15, 0.2) is 0 Å². The third-order valence-corrected chi connectivity index (χ3v) is 4.28. The van der Waals surface area contributed by atoms with Gasteiger partial charge in [-0.05, 0) is 0 Å². The summed E-state index contributed by atoms with van der Waals surface area (Å²) in [6, 6.07) is 0. The summed E-state index contributed by atoms with van der Waals surface area (Å²) in [6.07, 6.45) is 0.236. The van der Waals surface area contributed by atoms with Gasteiger partial charge >= 0.3 is 16.4 Å². The summed E-state index contributed by atoms with van der Waals surface area (Å²) >= 11 is 0. The van der Waals surface area contributed by atoms with Gasteiger partial charge in [0.2, 0.25) is 0 Å². The van der Waals surface area contributed by atoms with Crippen molar-refractivity contribution >= 4 is 16.4 Å². The van der Waals surface area contributed by atoms with Gasteiger partial charge in [0, 0.05) is 58.9 Å². The second-order valence-corrected chi connectivity index (χ2v) is 8.03. The van der Waals surface area contributed by atoms with Crippen LogP contribution in [0.4, 0.5) is 0 Å². The average molecular weight is 519 g/mol. The first-order chi connectivity index (χ1) is 16.3. The van der Waals surface area contributed by atoms with Crippen molar-refractivity contribution in [2.75, 3.05) is 112 Å². The van der Waals surface area contributed by atoms with Gasteiger partial charge in [0.1, 0.15) is 0 Å². The van der Waals surface area contributed by atoms with Crippen LogP contribution < -0.4 is 16.0 Å². The molecule has 0 spiro atoms. The lowest BCUT2D eigenvalue weighted by Gasteiger charge is -2.25. The molecule has 0 unspecified atom stereocenters. The largest absolute Gasteiger partial charge is 0.481 e. The van der Waals surface area contributed by atoms with Crippen molar-refractivity contribution in [3.8, 4) is 0 Å². The van der Waals surface area contributed by atoms with Crippen molar-refractivity contribution in [1.29, 1.82) is 0 Å². The maximum Gasteiger partial charge on any atom is 0.394 e. The van der Waals surface area contributed by atoms with E-state index in [4.69, 9.17) is 41.6 Å². The summed E-state index contributed by atoms with van der Waals surface area (Å²) in [6.45, 7) is 15.4. The average Bonchev–Trinajstić information content (AvgIpc) is 2.87. The Bertz CT molecular complexity index is 482. The van der Waals surface area contributed by atoms with Crippen molar-refractivity contribution in [3.63, 3.8) is 0 Å². The highest BCUT2D eigenvalue weighted by atomic mass is 32.3. The Kier molecular flexibility index (Phi) is 23.1. The highest BCUT2D eigenvalue weighted by molar-refractivity contribution is 7.79. The molecule has 4 fully saturated rings. The molecule has 4 heterocycles. The zero-order chi connectivity index (χ0) is 25.3. The second-order valence-electron chi connectivity index (χ2n) is 7.13. The molecule has 0 aromatic heterocycles. The number of carboxylic acid groups (broad SMARTS) is 1. The highest BCUT2D eigenvalue weighted by Gasteiger charge is 2.10. The Hall–Kier alpha value is -0.980. The predicted octanol–water partition coefficient (Wildman–Crippen LogP) is -2.04. The van der Waals surface area contributed by atoms with Gasteiger partial charge < -0.3 is 40.0 Å². The maximum absolute atomic E-state index is 10.2. The minimum absolute atomic E-state index is 0.236. The van der Waals surface area contributed by atoms with Gasteiger partial charge in [0.05, 0.1) is 59.3 Å². The molecule has 6 N–H and O–H groups in total.